The summed E-state index contributed by atoms with van der Waals surface area (Å²) in [5.74, 6) is 0.603. The number of ether oxygens (including phenoxy) is 2. The molecule has 0 spiro atoms. The van der Waals surface area contributed by atoms with Crippen molar-refractivity contribution in [3.63, 3.8) is 0 Å². The van der Waals surface area contributed by atoms with Crippen LogP contribution in [0.15, 0.2) is 48.5 Å². The van der Waals surface area contributed by atoms with E-state index in [1.54, 1.807) is 12.1 Å². The molecule has 31 heavy (non-hydrogen) atoms. The van der Waals surface area contributed by atoms with Crippen molar-refractivity contribution in [2.75, 3.05) is 19.7 Å². The molecule has 0 unspecified atom stereocenters. The number of rotatable bonds is 4. The van der Waals surface area contributed by atoms with E-state index < -0.39 is 17.9 Å². The van der Waals surface area contributed by atoms with Gasteiger partial charge in [-0.15, -0.1) is 0 Å². The van der Waals surface area contributed by atoms with Crippen molar-refractivity contribution >= 4 is 12.2 Å². The van der Waals surface area contributed by atoms with Crippen molar-refractivity contribution in [1.29, 1.82) is 0 Å². The van der Waals surface area contributed by atoms with E-state index in [2.05, 4.69) is 5.32 Å². The molecule has 0 aromatic heterocycles. The van der Waals surface area contributed by atoms with Crippen LogP contribution < -0.4 is 10.1 Å². The smallest absolute Gasteiger partial charge is 0.407 e. The van der Waals surface area contributed by atoms with Crippen LogP contribution in [0, 0.1) is 0 Å². The highest BCUT2D eigenvalue weighted by molar-refractivity contribution is 5.68. The van der Waals surface area contributed by atoms with Crippen LogP contribution in [0.3, 0.4) is 0 Å². The number of likely N-dealkylation sites (tertiary alicyclic amines) is 1. The molecule has 1 saturated heterocycles. The summed E-state index contributed by atoms with van der Waals surface area (Å²) in [6, 6.07) is 14.4. The van der Waals surface area contributed by atoms with Gasteiger partial charge in [-0.3, -0.25) is 0 Å². The van der Waals surface area contributed by atoms with Crippen LogP contribution in [0.5, 0.6) is 5.75 Å². The number of fused-ring (bicyclic) bond motifs is 1. The number of hydrogen-bond acceptors (Lipinski definition) is 4. The topological polar surface area (TPSA) is 88.1 Å². The van der Waals surface area contributed by atoms with E-state index in [9.17, 15) is 9.59 Å². The van der Waals surface area contributed by atoms with Crippen molar-refractivity contribution in [1.82, 2.24) is 10.2 Å². The maximum atomic E-state index is 15.4. The lowest BCUT2D eigenvalue weighted by Crippen LogP contribution is -2.43. The number of carbonyl (C=O) groups is 2. The van der Waals surface area contributed by atoms with E-state index in [1.165, 1.54) is 4.90 Å². The average molecular weight is 428 g/mol. The summed E-state index contributed by atoms with van der Waals surface area (Å²) in [6.07, 6.45) is -0.727. The summed E-state index contributed by atoms with van der Waals surface area (Å²) >= 11 is 0. The quantitative estimate of drug-likeness (QED) is 0.772. The zero-order valence-corrected chi connectivity index (χ0v) is 17.1. The Morgan fingerprint density at radius 2 is 1.94 bits per heavy atom. The third-order valence-electron chi connectivity index (χ3n) is 5.85. The number of nitrogens with one attached hydrogen (secondary N) is 1. The number of nitrogens with zero attached hydrogens (tertiary/aromatic N) is 1. The van der Waals surface area contributed by atoms with E-state index in [-0.39, 0.29) is 45.2 Å². The van der Waals surface area contributed by atoms with Gasteiger partial charge in [0.05, 0.1) is 6.04 Å². The first-order valence-electron chi connectivity index (χ1n) is 10.3. The first kappa shape index (κ1) is 21.0. The van der Waals surface area contributed by atoms with Crippen LogP contribution >= 0.6 is 0 Å². The lowest BCUT2D eigenvalue weighted by molar-refractivity contribution is 0.0548. The molecule has 2 aliphatic heterocycles. The van der Waals surface area contributed by atoms with Crippen LogP contribution in [0.4, 0.5) is 14.0 Å². The lowest BCUT2D eigenvalue weighted by Gasteiger charge is -2.36. The molecule has 2 aromatic rings. The minimum Gasteiger partial charge on any atom is -0.491 e. The molecule has 164 valence electrons. The zero-order chi connectivity index (χ0) is 21.8. The molecule has 2 heterocycles. The van der Waals surface area contributed by atoms with Crippen LogP contribution in [0.2, 0.25) is 0 Å². The van der Waals surface area contributed by atoms with Gasteiger partial charge in [0, 0.05) is 25.9 Å². The Bertz CT molecular complexity index is 944. The van der Waals surface area contributed by atoms with Gasteiger partial charge in [0.15, 0.2) is 0 Å². The van der Waals surface area contributed by atoms with E-state index in [0.717, 1.165) is 11.1 Å². The highest BCUT2D eigenvalue weighted by atomic mass is 19.1. The fourth-order valence-corrected chi connectivity index (χ4v) is 4.02. The van der Waals surface area contributed by atoms with Gasteiger partial charge in [0.2, 0.25) is 0 Å². The fourth-order valence-electron chi connectivity index (χ4n) is 4.02. The molecular formula is C23H25FN2O5. The first-order valence-corrected chi connectivity index (χ1v) is 10.3. The van der Waals surface area contributed by atoms with Crippen molar-refractivity contribution in [3.8, 4) is 5.75 Å². The summed E-state index contributed by atoms with van der Waals surface area (Å²) in [6.45, 7) is 0.794. The maximum absolute atomic E-state index is 15.4. The summed E-state index contributed by atoms with van der Waals surface area (Å²) in [5, 5.41) is 11.9. The van der Waals surface area contributed by atoms with Crippen LogP contribution in [0.1, 0.15) is 29.5 Å². The molecule has 1 atom stereocenters. The second-order valence-corrected chi connectivity index (χ2v) is 7.98. The molecule has 0 aliphatic carbocycles. The number of alkyl halides is 1. The van der Waals surface area contributed by atoms with Gasteiger partial charge < -0.3 is 24.8 Å². The number of carbonyl (C=O) groups excluding carboxylic acids is 1. The molecule has 0 radical (unpaired) electrons. The molecule has 8 heteroatoms. The predicted octanol–water partition coefficient (Wildman–Crippen LogP) is 3.86. The minimum absolute atomic E-state index is 0.121. The molecule has 2 amide bonds. The fraction of sp³-hybridized carbons (Fsp3) is 0.391. The van der Waals surface area contributed by atoms with Crippen molar-refractivity contribution < 1.29 is 28.6 Å². The third-order valence-corrected chi connectivity index (χ3v) is 5.85. The monoisotopic (exact) mass is 428 g/mol. The van der Waals surface area contributed by atoms with Crippen LogP contribution in [0.25, 0.3) is 0 Å². The normalized spacial score (nSPS) is 19.6. The Hall–Kier alpha value is -3.29. The SMILES string of the molecule is O=C(N[C@H]1COc2cc(C3(F)CCN(C(=O)O)CC3)ccc2C1)OCc1ccccc1. The molecule has 0 bridgehead atoms. The van der Waals surface area contributed by atoms with Crippen LogP contribution in [-0.2, 0) is 23.4 Å². The van der Waals surface area contributed by atoms with E-state index in [0.29, 0.717) is 17.7 Å². The Balaban J connectivity index is 1.33. The summed E-state index contributed by atoms with van der Waals surface area (Å²) in [5.41, 5.74) is 0.727. The van der Waals surface area contributed by atoms with E-state index in [4.69, 9.17) is 14.6 Å². The van der Waals surface area contributed by atoms with Gasteiger partial charge in [-0.25, -0.2) is 14.0 Å². The lowest BCUT2D eigenvalue weighted by atomic mass is 9.85. The van der Waals surface area contributed by atoms with Crippen molar-refractivity contribution in [3.05, 3.63) is 65.2 Å². The molecular weight excluding hydrogens is 403 g/mol. The molecule has 2 aliphatic rings. The number of hydrogen-bond donors (Lipinski definition) is 2. The largest absolute Gasteiger partial charge is 0.491 e. The summed E-state index contributed by atoms with van der Waals surface area (Å²) in [7, 11) is 0. The molecule has 0 saturated carbocycles. The molecule has 2 aromatic carbocycles. The Labute approximate surface area is 179 Å². The number of carboxylic acid groups (broad SMARTS) is 1. The Morgan fingerprint density at radius 3 is 2.65 bits per heavy atom. The number of halogens is 1. The predicted molar refractivity (Wildman–Crippen MR) is 111 cm³/mol. The average Bonchev–Trinajstić information content (AvgIpc) is 2.78. The number of amides is 2. The Kier molecular flexibility index (Phi) is 5.97. The number of alkyl carbamates (subject to hydrolysis) is 1. The second kappa shape index (κ2) is 8.83. The first-order chi connectivity index (χ1) is 14.9. The summed E-state index contributed by atoms with van der Waals surface area (Å²) in [4.78, 5) is 24.4. The Morgan fingerprint density at radius 1 is 1.19 bits per heavy atom. The minimum atomic E-state index is -1.57. The van der Waals surface area contributed by atoms with Crippen molar-refractivity contribution in [2.24, 2.45) is 0 Å². The van der Waals surface area contributed by atoms with Gasteiger partial charge >= 0.3 is 12.2 Å². The van der Waals surface area contributed by atoms with Gasteiger partial charge in [-0.1, -0.05) is 42.5 Å². The number of piperidine rings is 1. The molecule has 4 rings (SSSR count). The van der Waals surface area contributed by atoms with Gasteiger partial charge in [-0.05, 0) is 29.2 Å². The van der Waals surface area contributed by atoms with E-state index in [1.807, 2.05) is 36.4 Å². The zero-order valence-electron chi connectivity index (χ0n) is 17.1. The standard InChI is InChI=1S/C23H25FN2O5/c24-23(8-10-26(11-9-23)22(28)29)18-7-6-17-12-19(15-30-20(17)13-18)25-21(27)31-14-16-4-2-1-3-5-16/h1-7,13,19H,8-12,14-15H2,(H,25,27)(H,28,29)/t19-/m1/s1. The second-order valence-electron chi connectivity index (χ2n) is 7.98. The van der Waals surface area contributed by atoms with Crippen LogP contribution in [-0.4, -0.2) is 47.9 Å². The number of benzene rings is 2. The third kappa shape index (κ3) is 4.90. The van der Waals surface area contributed by atoms with Gasteiger partial charge in [0.1, 0.15) is 24.6 Å². The maximum Gasteiger partial charge on any atom is 0.407 e. The highest BCUT2D eigenvalue weighted by Gasteiger charge is 2.38. The van der Waals surface area contributed by atoms with Crippen molar-refractivity contribution in [2.45, 2.75) is 37.6 Å². The molecule has 1 fully saturated rings. The molecule has 7 nitrogen and oxygen atoms in total. The van der Waals surface area contributed by atoms with E-state index >= 15 is 4.39 Å². The summed E-state index contributed by atoms with van der Waals surface area (Å²) < 4.78 is 26.5. The van der Waals surface area contributed by atoms with Gasteiger partial charge in [-0.2, -0.15) is 0 Å². The highest BCUT2D eigenvalue weighted by Crippen LogP contribution is 2.40. The van der Waals surface area contributed by atoms with Gasteiger partial charge in [0.25, 0.3) is 0 Å². The molecule has 2 N–H and O–H groups in total.